The molecular formula is C7H14ClN. The van der Waals surface area contributed by atoms with Crippen LogP contribution in [0.4, 0.5) is 0 Å². The maximum absolute atomic E-state index is 5.82. The number of nitrogens with two attached hydrogens (primary N) is 1. The summed E-state index contributed by atoms with van der Waals surface area (Å²) < 4.78 is 0. The van der Waals surface area contributed by atoms with Crippen molar-refractivity contribution in [1.82, 2.24) is 0 Å². The van der Waals surface area contributed by atoms with Gasteiger partial charge < -0.3 is 5.73 Å². The van der Waals surface area contributed by atoms with E-state index in [1.54, 1.807) is 0 Å². The van der Waals surface area contributed by atoms with Crippen molar-refractivity contribution in [2.45, 2.75) is 31.7 Å². The van der Waals surface area contributed by atoms with Gasteiger partial charge in [-0.05, 0) is 37.5 Å². The number of fused-ring (bicyclic) bond motifs is 1. The van der Waals surface area contributed by atoms with Crippen LogP contribution >= 0.6 is 12.4 Å². The fraction of sp³-hybridized carbons (Fsp3) is 1.00. The van der Waals surface area contributed by atoms with E-state index >= 15 is 0 Å². The minimum absolute atomic E-state index is 0. The third kappa shape index (κ3) is 0.968. The van der Waals surface area contributed by atoms with E-state index in [0.29, 0.717) is 6.04 Å². The van der Waals surface area contributed by atoms with E-state index in [9.17, 15) is 0 Å². The second-order valence-corrected chi connectivity index (χ2v) is 3.24. The van der Waals surface area contributed by atoms with Crippen molar-refractivity contribution >= 4 is 12.4 Å². The van der Waals surface area contributed by atoms with Crippen LogP contribution in [0.25, 0.3) is 0 Å². The van der Waals surface area contributed by atoms with E-state index in [-0.39, 0.29) is 12.4 Å². The monoisotopic (exact) mass is 147 g/mol. The first kappa shape index (κ1) is 7.36. The van der Waals surface area contributed by atoms with Crippen molar-refractivity contribution in [3.05, 3.63) is 0 Å². The van der Waals surface area contributed by atoms with Crippen LogP contribution in [0.15, 0.2) is 0 Å². The number of halogens is 1. The largest absolute Gasteiger partial charge is 0.327 e. The predicted molar refractivity (Wildman–Crippen MR) is 40.7 cm³/mol. The van der Waals surface area contributed by atoms with Crippen molar-refractivity contribution in [3.63, 3.8) is 0 Å². The van der Waals surface area contributed by atoms with Crippen molar-refractivity contribution < 1.29 is 0 Å². The molecule has 0 aromatic heterocycles. The Hall–Kier alpha value is 0.250. The van der Waals surface area contributed by atoms with Gasteiger partial charge in [0.1, 0.15) is 0 Å². The van der Waals surface area contributed by atoms with Gasteiger partial charge in [0, 0.05) is 6.04 Å². The standard InChI is InChI=1S/C7H13N.ClH/c8-7-4-2-5-1-3-6(5)7;/h5-7H,1-4,8H2;1H/t5-,6-,7?;/m0./s1. The summed E-state index contributed by atoms with van der Waals surface area (Å²) in [5.74, 6) is 1.99. The molecule has 2 aliphatic rings. The number of hydrogen-bond acceptors (Lipinski definition) is 1. The molecule has 2 aliphatic carbocycles. The molecular weight excluding hydrogens is 134 g/mol. The lowest BCUT2D eigenvalue weighted by atomic mass is 9.75. The van der Waals surface area contributed by atoms with Crippen LogP contribution in [-0.4, -0.2) is 6.04 Å². The maximum atomic E-state index is 5.82. The molecule has 0 heterocycles. The van der Waals surface area contributed by atoms with Crippen LogP contribution in [0, 0.1) is 11.8 Å². The molecule has 2 fully saturated rings. The van der Waals surface area contributed by atoms with Crippen LogP contribution < -0.4 is 5.73 Å². The van der Waals surface area contributed by atoms with Crippen LogP contribution in [0.1, 0.15) is 25.7 Å². The molecule has 1 nitrogen and oxygen atoms in total. The minimum Gasteiger partial charge on any atom is -0.327 e. The zero-order chi connectivity index (χ0) is 5.56. The topological polar surface area (TPSA) is 26.0 Å². The SMILES string of the molecule is Cl.NC1CC[C@@H]2CC[C@H]12. The smallest absolute Gasteiger partial charge is 0.00699 e. The molecule has 0 spiro atoms. The summed E-state index contributed by atoms with van der Waals surface area (Å²) in [5.41, 5.74) is 5.82. The van der Waals surface area contributed by atoms with Crippen LogP contribution in [-0.2, 0) is 0 Å². The van der Waals surface area contributed by atoms with E-state index in [1.807, 2.05) is 0 Å². The molecule has 0 aromatic carbocycles. The van der Waals surface area contributed by atoms with Crippen molar-refractivity contribution in [2.75, 3.05) is 0 Å². The lowest BCUT2D eigenvalue weighted by Crippen LogP contribution is -2.33. The molecule has 0 aromatic rings. The zero-order valence-corrected chi connectivity index (χ0v) is 6.36. The van der Waals surface area contributed by atoms with Gasteiger partial charge in [0.05, 0.1) is 0 Å². The zero-order valence-electron chi connectivity index (χ0n) is 5.55. The molecule has 9 heavy (non-hydrogen) atoms. The van der Waals surface area contributed by atoms with Gasteiger partial charge in [-0.25, -0.2) is 0 Å². The van der Waals surface area contributed by atoms with Gasteiger partial charge in [-0.15, -0.1) is 12.4 Å². The van der Waals surface area contributed by atoms with Crippen LogP contribution in [0.5, 0.6) is 0 Å². The Balaban J connectivity index is 0.000000405. The van der Waals surface area contributed by atoms with Crippen LogP contribution in [0.3, 0.4) is 0 Å². The molecule has 0 saturated heterocycles. The summed E-state index contributed by atoms with van der Waals surface area (Å²) in [5, 5.41) is 0. The third-order valence-electron chi connectivity index (χ3n) is 2.90. The quantitative estimate of drug-likeness (QED) is 0.553. The molecule has 0 radical (unpaired) electrons. The molecule has 3 atom stereocenters. The first-order valence-corrected chi connectivity index (χ1v) is 3.63. The highest BCUT2D eigenvalue weighted by atomic mass is 35.5. The van der Waals surface area contributed by atoms with Crippen molar-refractivity contribution in [1.29, 1.82) is 0 Å². The molecule has 0 amide bonds. The van der Waals surface area contributed by atoms with E-state index in [2.05, 4.69) is 0 Å². The molecule has 0 aliphatic heterocycles. The summed E-state index contributed by atoms with van der Waals surface area (Å²) in [6.45, 7) is 0. The van der Waals surface area contributed by atoms with Gasteiger partial charge in [-0.3, -0.25) is 0 Å². The van der Waals surface area contributed by atoms with Gasteiger partial charge in [-0.1, -0.05) is 0 Å². The molecule has 0 bridgehead atoms. The Kier molecular flexibility index (Phi) is 2.02. The molecule has 2 saturated carbocycles. The normalized spacial score (nSPS) is 47.0. The highest BCUT2D eigenvalue weighted by molar-refractivity contribution is 5.85. The van der Waals surface area contributed by atoms with Crippen LogP contribution in [0.2, 0.25) is 0 Å². The van der Waals surface area contributed by atoms with Crippen molar-refractivity contribution in [3.8, 4) is 0 Å². The maximum Gasteiger partial charge on any atom is 0.00699 e. The first-order valence-electron chi connectivity index (χ1n) is 3.63. The lowest BCUT2D eigenvalue weighted by Gasteiger charge is -2.32. The Bertz CT molecular complexity index is 99.1. The van der Waals surface area contributed by atoms with Gasteiger partial charge in [0.2, 0.25) is 0 Å². The van der Waals surface area contributed by atoms with E-state index in [4.69, 9.17) is 5.73 Å². The predicted octanol–water partition coefficient (Wildman–Crippen LogP) is 1.56. The molecule has 1 unspecified atom stereocenters. The molecule has 2 rings (SSSR count). The number of rotatable bonds is 0. The van der Waals surface area contributed by atoms with E-state index < -0.39 is 0 Å². The average Bonchev–Trinajstić information content (AvgIpc) is 1.80. The third-order valence-corrected chi connectivity index (χ3v) is 2.90. The highest BCUT2D eigenvalue weighted by Gasteiger charge is 2.39. The minimum atomic E-state index is 0. The Morgan fingerprint density at radius 1 is 1.00 bits per heavy atom. The second-order valence-electron chi connectivity index (χ2n) is 3.24. The first-order chi connectivity index (χ1) is 3.88. The number of hydrogen-bond donors (Lipinski definition) is 1. The van der Waals surface area contributed by atoms with Gasteiger partial charge in [0.25, 0.3) is 0 Å². The van der Waals surface area contributed by atoms with E-state index in [0.717, 1.165) is 11.8 Å². The average molecular weight is 148 g/mol. The molecule has 2 N–H and O–H groups in total. The fourth-order valence-electron chi connectivity index (χ4n) is 2.14. The summed E-state index contributed by atoms with van der Waals surface area (Å²) >= 11 is 0. The van der Waals surface area contributed by atoms with E-state index in [1.165, 1.54) is 25.7 Å². The summed E-state index contributed by atoms with van der Waals surface area (Å²) in [4.78, 5) is 0. The molecule has 2 heteroatoms. The Morgan fingerprint density at radius 3 is 1.89 bits per heavy atom. The second kappa shape index (κ2) is 2.47. The summed E-state index contributed by atoms with van der Waals surface area (Å²) in [6, 6.07) is 0.578. The van der Waals surface area contributed by atoms with Gasteiger partial charge in [-0.2, -0.15) is 0 Å². The summed E-state index contributed by atoms with van der Waals surface area (Å²) in [7, 11) is 0. The van der Waals surface area contributed by atoms with Crippen molar-refractivity contribution in [2.24, 2.45) is 17.6 Å². The van der Waals surface area contributed by atoms with Gasteiger partial charge >= 0.3 is 0 Å². The Morgan fingerprint density at radius 2 is 1.67 bits per heavy atom. The highest BCUT2D eigenvalue weighted by Crippen LogP contribution is 2.45. The van der Waals surface area contributed by atoms with Gasteiger partial charge in [0.15, 0.2) is 0 Å². The molecule has 54 valence electrons. The Labute approximate surface area is 62.4 Å². The lowest BCUT2D eigenvalue weighted by molar-refractivity contribution is 0.202. The summed E-state index contributed by atoms with van der Waals surface area (Å²) in [6.07, 6.45) is 5.62. The fourth-order valence-corrected chi connectivity index (χ4v) is 2.14.